The summed E-state index contributed by atoms with van der Waals surface area (Å²) in [6.07, 6.45) is 4.33. The molecule has 23 heavy (non-hydrogen) atoms. The van der Waals surface area contributed by atoms with E-state index in [0.29, 0.717) is 12.2 Å². The molecular weight excluding hydrogens is 288 g/mol. The summed E-state index contributed by atoms with van der Waals surface area (Å²) >= 11 is 0. The van der Waals surface area contributed by atoms with Gasteiger partial charge in [0.15, 0.2) is 0 Å². The summed E-state index contributed by atoms with van der Waals surface area (Å²) in [6.45, 7) is 1.39. The molecule has 3 heterocycles. The summed E-state index contributed by atoms with van der Waals surface area (Å²) in [7, 11) is 0. The van der Waals surface area contributed by atoms with E-state index in [9.17, 15) is 4.79 Å². The van der Waals surface area contributed by atoms with Gasteiger partial charge in [0.1, 0.15) is 5.69 Å². The third kappa shape index (κ3) is 2.61. The molecule has 4 rings (SSSR count). The zero-order chi connectivity index (χ0) is 15.6. The van der Waals surface area contributed by atoms with E-state index in [-0.39, 0.29) is 5.91 Å². The second kappa shape index (κ2) is 5.68. The van der Waals surface area contributed by atoms with Gasteiger partial charge in [-0.3, -0.25) is 14.9 Å². The highest BCUT2D eigenvalue weighted by Crippen LogP contribution is 2.21. The molecule has 0 bridgehead atoms. The Bertz CT molecular complexity index is 841. The quantitative estimate of drug-likeness (QED) is 0.792. The van der Waals surface area contributed by atoms with Gasteiger partial charge in [-0.15, -0.1) is 0 Å². The second-order valence-corrected chi connectivity index (χ2v) is 5.65. The van der Waals surface area contributed by atoms with Crippen LogP contribution in [0.2, 0.25) is 0 Å². The number of rotatable bonds is 2. The van der Waals surface area contributed by atoms with Crippen LogP contribution in [0, 0.1) is 0 Å². The van der Waals surface area contributed by atoms with Gasteiger partial charge in [0.05, 0.1) is 5.69 Å². The van der Waals surface area contributed by atoms with E-state index in [0.717, 1.165) is 24.2 Å². The molecule has 0 saturated carbocycles. The third-order valence-corrected chi connectivity index (χ3v) is 4.20. The predicted octanol–water partition coefficient (Wildman–Crippen LogP) is 2.67. The highest BCUT2D eigenvalue weighted by Gasteiger charge is 2.23. The summed E-state index contributed by atoms with van der Waals surface area (Å²) in [5.41, 5.74) is 4.78. The van der Waals surface area contributed by atoms with Crippen LogP contribution in [0.4, 0.5) is 0 Å². The zero-order valence-corrected chi connectivity index (χ0v) is 12.6. The van der Waals surface area contributed by atoms with Crippen molar-refractivity contribution in [1.29, 1.82) is 0 Å². The van der Waals surface area contributed by atoms with Crippen LogP contribution in [0.15, 0.2) is 54.9 Å². The van der Waals surface area contributed by atoms with Crippen molar-refractivity contribution in [3.8, 4) is 11.3 Å². The van der Waals surface area contributed by atoms with E-state index in [1.54, 1.807) is 18.5 Å². The lowest BCUT2D eigenvalue weighted by Gasteiger charge is -2.28. The van der Waals surface area contributed by atoms with Crippen molar-refractivity contribution in [1.82, 2.24) is 20.1 Å². The number of aromatic amines is 1. The maximum absolute atomic E-state index is 12.7. The van der Waals surface area contributed by atoms with Crippen molar-refractivity contribution in [3.63, 3.8) is 0 Å². The van der Waals surface area contributed by atoms with Crippen LogP contribution in [-0.4, -0.2) is 32.5 Å². The molecule has 0 unspecified atom stereocenters. The van der Waals surface area contributed by atoms with Crippen molar-refractivity contribution < 1.29 is 4.79 Å². The summed E-state index contributed by atoms with van der Waals surface area (Å²) in [5.74, 6) is -0.00712. The number of nitrogens with zero attached hydrogens (tertiary/aromatic N) is 3. The molecule has 114 valence electrons. The number of aromatic nitrogens is 3. The first-order valence-corrected chi connectivity index (χ1v) is 7.63. The molecule has 2 aromatic heterocycles. The van der Waals surface area contributed by atoms with Gasteiger partial charge in [-0.25, -0.2) is 0 Å². The Morgan fingerprint density at radius 2 is 1.87 bits per heavy atom. The Labute approximate surface area is 134 Å². The zero-order valence-electron chi connectivity index (χ0n) is 12.6. The van der Waals surface area contributed by atoms with Crippen LogP contribution in [0.5, 0.6) is 0 Å². The lowest BCUT2D eigenvalue weighted by molar-refractivity contribution is 0.0728. The van der Waals surface area contributed by atoms with Gasteiger partial charge < -0.3 is 4.90 Å². The van der Waals surface area contributed by atoms with Gasteiger partial charge in [-0.2, -0.15) is 5.10 Å². The maximum atomic E-state index is 12.7. The average Bonchev–Trinajstić information content (AvgIpc) is 3.11. The smallest absolute Gasteiger partial charge is 0.272 e. The van der Waals surface area contributed by atoms with E-state index in [4.69, 9.17) is 0 Å². The van der Waals surface area contributed by atoms with Crippen LogP contribution < -0.4 is 0 Å². The minimum atomic E-state index is -0.00712. The Kier molecular flexibility index (Phi) is 3.38. The largest absolute Gasteiger partial charge is 0.333 e. The van der Waals surface area contributed by atoms with Gasteiger partial charge in [0, 0.05) is 31.0 Å². The Morgan fingerprint density at radius 1 is 1.09 bits per heavy atom. The summed E-state index contributed by atoms with van der Waals surface area (Å²) in [5, 5.41) is 7.11. The fourth-order valence-electron chi connectivity index (χ4n) is 2.94. The maximum Gasteiger partial charge on any atom is 0.272 e. The molecule has 5 heteroatoms. The first-order chi connectivity index (χ1) is 11.3. The number of H-pyrrole nitrogens is 1. The summed E-state index contributed by atoms with van der Waals surface area (Å²) in [4.78, 5) is 18.6. The molecule has 0 fully saturated rings. The van der Waals surface area contributed by atoms with Crippen LogP contribution in [0.3, 0.4) is 0 Å². The van der Waals surface area contributed by atoms with Crippen LogP contribution in [-0.2, 0) is 13.0 Å². The first-order valence-electron chi connectivity index (χ1n) is 7.63. The van der Waals surface area contributed by atoms with Crippen LogP contribution in [0.1, 0.15) is 21.6 Å². The number of nitrogens with one attached hydrogen (secondary N) is 1. The first kappa shape index (κ1) is 13.7. The highest BCUT2D eigenvalue weighted by atomic mass is 16.2. The van der Waals surface area contributed by atoms with Crippen molar-refractivity contribution >= 4 is 5.91 Å². The molecule has 5 nitrogen and oxygen atoms in total. The number of benzene rings is 1. The molecule has 1 aliphatic rings. The van der Waals surface area contributed by atoms with Gasteiger partial charge in [0.25, 0.3) is 5.91 Å². The highest BCUT2D eigenvalue weighted by molar-refractivity contribution is 5.93. The fraction of sp³-hybridized carbons (Fsp3) is 0.167. The van der Waals surface area contributed by atoms with Gasteiger partial charge in [-0.05, 0) is 35.7 Å². The third-order valence-electron chi connectivity index (χ3n) is 4.20. The minimum Gasteiger partial charge on any atom is -0.333 e. The average molecular weight is 304 g/mol. The Morgan fingerprint density at radius 3 is 2.70 bits per heavy atom. The van der Waals surface area contributed by atoms with E-state index < -0.39 is 0 Å². The Balaban J connectivity index is 1.55. The van der Waals surface area contributed by atoms with Gasteiger partial charge in [-0.1, -0.05) is 24.3 Å². The van der Waals surface area contributed by atoms with Crippen molar-refractivity contribution in [2.24, 2.45) is 0 Å². The molecule has 3 aromatic rings. The number of carbonyl (C=O) groups is 1. The summed E-state index contributed by atoms with van der Waals surface area (Å²) in [6, 6.07) is 13.8. The summed E-state index contributed by atoms with van der Waals surface area (Å²) < 4.78 is 0. The monoisotopic (exact) mass is 304 g/mol. The van der Waals surface area contributed by atoms with Crippen molar-refractivity contribution in [2.45, 2.75) is 13.0 Å². The van der Waals surface area contributed by atoms with Crippen LogP contribution >= 0.6 is 0 Å². The second-order valence-electron chi connectivity index (χ2n) is 5.65. The minimum absolute atomic E-state index is 0.00712. The lowest BCUT2D eigenvalue weighted by Crippen LogP contribution is -2.36. The molecule has 0 saturated heterocycles. The number of fused-ring (bicyclic) bond motifs is 1. The lowest BCUT2D eigenvalue weighted by atomic mass is 10.00. The van der Waals surface area contributed by atoms with Crippen molar-refractivity contribution in [2.75, 3.05) is 6.54 Å². The molecular formula is C18H16N4O. The molecule has 1 amide bonds. The van der Waals surface area contributed by atoms with Crippen molar-refractivity contribution in [3.05, 3.63) is 71.7 Å². The fourth-order valence-corrected chi connectivity index (χ4v) is 2.94. The van der Waals surface area contributed by atoms with E-state index in [1.165, 1.54) is 11.1 Å². The molecule has 1 N–H and O–H groups in total. The molecule has 0 radical (unpaired) electrons. The SMILES string of the molecule is O=C(c1cc(-c2ccncc2)n[nH]1)N1CCc2ccccc2C1. The number of carbonyl (C=O) groups excluding carboxylic acids is 1. The number of pyridine rings is 1. The van der Waals surface area contributed by atoms with E-state index in [1.807, 2.05) is 29.2 Å². The van der Waals surface area contributed by atoms with Gasteiger partial charge >= 0.3 is 0 Å². The molecule has 0 aliphatic carbocycles. The topological polar surface area (TPSA) is 61.9 Å². The molecule has 0 atom stereocenters. The molecule has 1 aliphatic heterocycles. The standard InChI is InChI=1S/C18H16N4O/c23-18(22-10-7-13-3-1-2-4-15(13)12-22)17-11-16(20-21-17)14-5-8-19-9-6-14/h1-6,8-9,11H,7,10,12H2,(H,20,21). The van der Waals surface area contributed by atoms with Crippen LogP contribution in [0.25, 0.3) is 11.3 Å². The number of amides is 1. The number of hydrogen-bond acceptors (Lipinski definition) is 3. The van der Waals surface area contributed by atoms with E-state index >= 15 is 0 Å². The Hall–Kier alpha value is -2.95. The molecule has 0 spiro atoms. The number of hydrogen-bond donors (Lipinski definition) is 1. The normalized spacial score (nSPS) is 13.7. The molecule has 1 aromatic carbocycles. The van der Waals surface area contributed by atoms with E-state index in [2.05, 4.69) is 27.3 Å². The van der Waals surface area contributed by atoms with Gasteiger partial charge in [0.2, 0.25) is 0 Å². The predicted molar refractivity (Wildman–Crippen MR) is 86.7 cm³/mol.